The van der Waals surface area contributed by atoms with Crippen molar-refractivity contribution in [1.29, 1.82) is 0 Å². The first-order valence-electron chi connectivity index (χ1n) is 5.92. The van der Waals surface area contributed by atoms with E-state index < -0.39 is 0 Å². The maximum Gasteiger partial charge on any atom is 0.274 e. The number of anilines is 2. The van der Waals surface area contributed by atoms with E-state index in [1.54, 1.807) is 43.6 Å². The molecule has 0 fully saturated rings. The predicted molar refractivity (Wildman–Crippen MR) is 79.7 cm³/mol. The van der Waals surface area contributed by atoms with E-state index in [0.29, 0.717) is 22.2 Å². The molecular weight excluding hydrogens is 278 g/mol. The van der Waals surface area contributed by atoms with Crippen LogP contribution in [0.25, 0.3) is 0 Å². The molecule has 0 unspecified atom stereocenters. The number of amides is 1. The minimum Gasteiger partial charge on any atom is -0.495 e. The molecule has 104 valence electrons. The van der Waals surface area contributed by atoms with Gasteiger partial charge in [0.25, 0.3) is 5.91 Å². The van der Waals surface area contributed by atoms with Crippen LogP contribution in [0.4, 0.5) is 11.4 Å². The molecule has 0 aliphatic rings. The zero-order chi connectivity index (χ0) is 14.5. The summed E-state index contributed by atoms with van der Waals surface area (Å²) in [5.41, 5.74) is 1.72. The van der Waals surface area contributed by atoms with Crippen LogP contribution in [-0.2, 0) is 0 Å². The number of rotatable bonds is 4. The number of carbonyl (C=O) groups excluding carboxylic acids is 1. The predicted octanol–water partition coefficient (Wildman–Crippen LogP) is 3.04. The van der Waals surface area contributed by atoms with Crippen LogP contribution in [0.15, 0.2) is 36.5 Å². The third kappa shape index (κ3) is 3.19. The van der Waals surface area contributed by atoms with Crippen molar-refractivity contribution in [1.82, 2.24) is 4.98 Å². The number of methoxy groups -OCH3 is 1. The van der Waals surface area contributed by atoms with Crippen molar-refractivity contribution in [3.8, 4) is 5.75 Å². The Kier molecular flexibility index (Phi) is 4.42. The number of ether oxygens (including phenoxy) is 1. The summed E-state index contributed by atoms with van der Waals surface area (Å²) in [6, 6.07) is 8.47. The monoisotopic (exact) mass is 291 g/mol. The van der Waals surface area contributed by atoms with Gasteiger partial charge in [-0.2, -0.15) is 0 Å². The quantitative estimate of drug-likeness (QED) is 0.909. The SMILES string of the molecule is CNc1ccnc(C(=O)Nc2ccc(OC)c(Cl)c2)c1. The normalized spacial score (nSPS) is 9.95. The lowest BCUT2D eigenvalue weighted by molar-refractivity contribution is 0.102. The number of pyridine rings is 1. The van der Waals surface area contributed by atoms with Gasteiger partial charge in [-0.05, 0) is 30.3 Å². The molecule has 0 atom stereocenters. The Balaban J connectivity index is 2.16. The number of aromatic nitrogens is 1. The molecule has 0 saturated carbocycles. The summed E-state index contributed by atoms with van der Waals surface area (Å²) >= 11 is 6.00. The Morgan fingerprint density at radius 1 is 1.25 bits per heavy atom. The molecule has 0 aliphatic carbocycles. The summed E-state index contributed by atoms with van der Waals surface area (Å²) in [6.07, 6.45) is 1.57. The highest BCUT2D eigenvalue weighted by molar-refractivity contribution is 6.32. The summed E-state index contributed by atoms with van der Waals surface area (Å²) in [7, 11) is 3.31. The van der Waals surface area contributed by atoms with E-state index in [1.165, 1.54) is 7.11 Å². The molecule has 0 spiro atoms. The highest BCUT2D eigenvalue weighted by atomic mass is 35.5. The summed E-state index contributed by atoms with van der Waals surface area (Å²) in [5.74, 6) is 0.253. The second-order valence-corrected chi connectivity index (χ2v) is 4.39. The standard InChI is InChI=1S/C14H14ClN3O2/c1-16-9-5-6-17-12(8-9)14(19)18-10-3-4-13(20-2)11(15)7-10/h3-8H,1-2H3,(H,16,17)(H,18,19). The topological polar surface area (TPSA) is 63.2 Å². The Morgan fingerprint density at radius 3 is 2.70 bits per heavy atom. The van der Waals surface area contributed by atoms with Gasteiger partial charge in [-0.3, -0.25) is 9.78 Å². The van der Waals surface area contributed by atoms with Gasteiger partial charge in [0.15, 0.2) is 0 Å². The lowest BCUT2D eigenvalue weighted by Gasteiger charge is -2.08. The highest BCUT2D eigenvalue weighted by Crippen LogP contribution is 2.27. The van der Waals surface area contributed by atoms with E-state index in [0.717, 1.165) is 5.69 Å². The molecular formula is C14H14ClN3O2. The van der Waals surface area contributed by atoms with Crippen molar-refractivity contribution in [2.75, 3.05) is 24.8 Å². The van der Waals surface area contributed by atoms with Crippen molar-refractivity contribution in [2.24, 2.45) is 0 Å². The molecule has 0 radical (unpaired) electrons. The third-order valence-electron chi connectivity index (χ3n) is 2.69. The van der Waals surface area contributed by atoms with E-state index in [9.17, 15) is 4.79 Å². The van der Waals surface area contributed by atoms with Gasteiger partial charge in [0.05, 0.1) is 12.1 Å². The van der Waals surface area contributed by atoms with Crippen LogP contribution < -0.4 is 15.4 Å². The van der Waals surface area contributed by atoms with E-state index in [-0.39, 0.29) is 5.91 Å². The summed E-state index contributed by atoms with van der Waals surface area (Å²) < 4.78 is 5.05. The van der Waals surface area contributed by atoms with E-state index in [2.05, 4.69) is 15.6 Å². The third-order valence-corrected chi connectivity index (χ3v) is 2.99. The number of carbonyl (C=O) groups is 1. The van der Waals surface area contributed by atoms with Crippen molar-refractivity contribution >= 4 is 28.9 Å². The molecule has 1 aromatic carbocycles. The van der Waals surface area contributed by atoms with E-state index in [4.69, 9.17) is 16.3 Å². The van der Waals surface area contributed by atoms with Gasteiger partial charge in [0.2, 0.25) is 0 Å². The summed E-state index contributed by atoms with van der Waals surface area (Å²) in [5, 5.41) is 6.12. The fraction of sp³-hybridized carbons (Fsp3) is 0.143. The first-order valence-corrected chi connectivity index (χ1v) is 6.30. The average molecular weight is 292 g/mol. The maximum absolute atomic E-state index is 12.1. The second-order valence-electron chi connectivity index (χ2n) is 3.98. The molecule has 1 aromatic heterocycles. The first kappa shape index (κ1) is 14.1. The highest BCUT2D eigenvalue weighted by Gasteiger charge is 2.09. The number of nitrogens with zero attached hydrogens (tertiary/aromatic N) is 1. The van der Waals surface area contributed by atoms with Gasteiger partial charge in [-0.15, -0.1) is 0 Å². The first-order chi connectivity index (χ1) is 9.63. The van der Waals surface area contributed by atoms with Gasteiger partial charge in [0.1, 0.15) is 11.4 Å². The fourth-order valence-electron chi connectivity index (χ4n) is 1.65. The minimum absolute atomic E-state index is 0.302. The van der Waals surface area contributed by atoms with Crippen molar-refractivity contribution in [3.05, 3.63) is 47.2 Å². The lowest BCUT2D eigenvalue weighted by Crippen LogP contribution is -2.13. The molecule has 2 rings (SSSR count). The van der Waals surface area contributed by atoms with Crippen molar-refractivity contribution in [2.45, 2.75) is 0 Å². The maximum atomic E-state index is 12.1. The lowest BCUT2D eigenvalue weighted by atomic mass is 10.2. The van der Waals surface area contributed by atoms with Crippen LogP contribution in [0.1, 0.15) is 10.5 Å². The number of hydrogen-bond donors (Lipinski definition) is 2. The van der Waals surface area contributed by atoms with Crippen LogP contribution in [-0.4, -0.2) is 25.0 Å². The number of hydrogen-bond acceptors (Lipinski definition) is 4. The zero-order valence-corrected chi connectivity index (χ0v) is 11.9. The molecule has 0 saturated heterocycles. The van der Waals surface area contributed by atoms with Gasteiger partial charge in [-0.1, -0.05) is 11.6 Å². The average Bonchev–Trinajstić information content (AvgIpc) is 2.47. The summed E-state index contributed by atoms with van der Waals surface area (Å²) in [4.78, 5) is 16.1. The van der Waals surface area contributed by atoms with Gasteiger partial charge < -0.3 is 15.4 Å². The summed E-state index contributed by atoms with van der Waals surface area (Å²) in [6.45, 7) is 0. The number of benzene rings is 1. The van der Waals surface area contributed by atoms with E-state index >= 15 is 0 Å². The molecule has 0 aliphatic heterocycles. The molecule has 1 heterocycles. The van der Waals surface area contributed by atoms with Crippen LogP contribution >= 0.6 is 11.6 Å². The molecule has 0 bridgehead atoms. The smallest absolute Gasteiger partial charge is 0.274 e. The number of nitrogens with one attached hydrogen (secondary N) is 2. The van der Waals surface area contributed by atoms with Crippen LogP contribution in [0.5, 0.6) is 5.75 Å². The van der Waals surface area contributed by atoms with Gasteiger partial charge in [0, 0.05) is 24.6 Å². The number of halogens is 1. The molecule has 2 aromatic rings. The molecule has 2 N–H and O–H groups in total. The van der Waals surface area contributed by atoms with Crippen molar-refractivity contribution in [3.63, 3.8) is 0 Å². The Morgan fingerprint density at radius 2 is 2.05 bits per heavy atom. The molecule has 1 amide bonds. The van der Waals surface area contributed by atoms with Crippen LogP contribution in [0.2, 0.25) is 5.02 Å². The van der Waals surface area contributed by atoms with Gasteiger partial charge >= 0.3 is 0 Å². The fourth-order valence-corrected chi connectivity index (χ4v) is 1.91. The Labute approximate surface area is 121 Å². The Hall–Kier alpha value is -2.27. The van der Waals surface area contributed by atoms with Gasteiger partial charge in [-0.25, -0.2) is 0 Å². The van der Waals surface area contributed by atoms with E-state index in [1.807, 2.05) is 0 Å². The molecule has 5 nitrogen and oxygen atoms in total. The largest absolute Gasteiger partial charge is 0.495 e. The van der Waals surface area contributed by atoms with Crippen LogP contribution in [0, 0.1) is 0 Å². The minimum atomic E-state index is -0.302. The molecule has 20 heavy (non-hydrogen) atoms. The molecule has 6 heteroatoms. The zero-order valence-electron chi connectivity index (χ0n) is 11.1. The van der Waals surface area contributed by atoms with Crippen LogP contribution in [0.3, 0.4) is 0 Å². The second kappa shape index (κ2) is 6.25. The van der Waals surface area contributed by atoms with Crippen molar-refractivity contribution < 1.29 is 9.53 Å². The Bertz CT molecular complexity index is 632.